The Morgan fingerprint density at radius 1 is 0.962 bits per heavy atom. The summed E-state index contributed by atoms with van der Waals surface area (Å²) in [7, 11) is 5.55. The van der Waals surface area contributed by atoms with E-state index in [1.807, 2.05) is 49.5 Å². The molecule has 2 aromatic rings. The van der Waals surface area contributed by atoms with Gasteiger partial charge in [-0.05, 0) is 30.2 Å². The van der Waals surface area contributed by atoms with Crippen LogP contribution in [0.5, 0.6) is 0 Å². The van der Waals surface area contributed by atoms with Gasteiger partial charge in [0, 0.05) is 39.8 Å². The highest BCUT2D eigenvalue weighted by Crippen LogP contribution is 2.08. The molecule has 138 valence electrons. The lowest BCUT2D eigenvalue weighted by atomic mass is 10.1. The van der Waals surface area contributed by atoms with E-state index in [0.29, 0.717) is 12.1 Å². The van der Waals surface area contributed by atoms with Crippen LogP contribution in [0.3, 0.4) is 0 Å². The van der Waals surface area contributed by atoms with Gasteiger partial charge in [0.25, 0.3) is 5.91 Å². The number of aliphatic imine (C=N–C) groups is 1. The van der Waals surface area contributed by atoms with E-state index in [2.05, 4.69) is 29.3 Å². The number of benzene rings is 2. The van der Waals surface area contributed by atoms with E-state index in [4.69, 9.17) is 4.99 Å². The van der Waals surface area contributed by atoms with Gasteiger partial charge in [-0.1, -0.05) is 42.5 Å². The maximum absolute atomic E-state index is 12.0. The zero-order chi connectivity index (χ0) is 18.9. The zero-order valence-electron chi connectivity index (χ0n) is 16.1. The lowest BCUT2D eigenvalue weighted by Crippen LogP contribution is -2.38. The van der Waals surface area contributed by atoms with Crippen molar-refractivity contribution in [3.8, 4) is 0 Å². The zero-order valence-corrected chi connectivity index (χ0v) is 16.1. The van der Waals surface area contributed by atoms with E-state index < -0.39 is 0 Å². The van der Waals surface area contributed by atoms with Crippen molar-refractivity contribution in [3.63, 3.8) is 0 Å². The number of rotatable bonds is 6. The van der Waals surface area contributed by atoms with Gasteiger partial charge in [-0.3, -0.25) is 4.79 Å². The van der Waals surface area contributed by atoms with Gasteiger partial charge >= 0.3 is 0 Å². The molecule has 2 aromatic carbocycles. The van der Waals surface area contributed by atoms with Gasteiger partial charge in [-0.15, -0.1) is 0 Å². The minimum Gasteiger partial charge on any atom is -0.357 e. The fourth-order valence-electron chi connectivity index (χ4n) is 2.58. The highest BCUT2D eigenvalue weighted by Gasteiger charge is 2.08. The summed E-state index contributed by atoms with van der Waals surface area (Å²) in [6.45, 7) is 4.24. The first-order chi connectivity index (χ1) is 12.5. The average molecular weight is 352 g/mol. The molecule has 5 nitrogen and oxygen atoms in total. The van der Waals surface area contributed by atoms with Crippen LogP contribution in [0, 0.1) is 0 Å². The highest BCUT2D eigenvalue weighted by atomic mass is 16.2. The molecular weight excluding hydrogens is 324 g/mol. The number of nitrogens with zero attached hydrogens (tertiary/aromatic N) is 3. The Hall–Kier alpha value is -2.82. The Labute approximate surface area is 156 Å². The first kappa shape index (κ1) is 19.5. The third kappa shape index (κ3) is 5.62. The molecule has 0 saturated carbocycles. The van der Waals surface area contributed by atoms with Crippen LogP contribution >= 0.6 is 0 Å². The fraction of sp³-hybridized carbons (Fsp3) is 0.333. The maximum atomic E-state index is 12.0. The molecule has 0 spiro atoms. The summed E-state index contributed by atoms with van der Waals surface area (Å²) in [5, 5.41) is 3.33. The molecule has 1 N–H and O–H groups in total. The number of hydrogen-bond donors (Lipinski definition) is 1. The van der Waals surface area contributed by atoms with Crippen molar-refractivity contribution < 1.29 is 4.79 Å². The van der Waals surface area contributed by atoms with Gasteiger partial charge in [0.1, 0.15) is 0 Å². The van der Waals surface area contributed by atoms with Gasteiger partial charge in [-0.25, -0.2) is 4.99 Å². The molecule has 0 unspecified atom stereocenters. The molecule has 26 heavy (non-hydrogen) atoms. The van der Waals surface area contributed by atoms with Crippen LogP contribution in [0.1, 0.15) is 28.4 Å². The Bertz CT molecular complexity index is 723. The quantitative estimate of drug-likeness (QED) is 0.642. The van der Waals surface area contributed by atoms with Crippen molar-refractivity contribution in [2.45, 2.75) is 20.0 Å². The number of amides is 1. The van der Waals surface area contributed by atoms with E-state index in [0.717, 1.165) is 24.6 Å². The van der Waals surface area contributed by atoms with Gasteiger partial charge in [0.05, 0.1) is 6.54 Å². The van der Waals surface area contributed by atoms with E-state index in [1.54, 1.807) is 19.0 Å². The standard InChI is InChI=1S/C21H28N4O/c1-5-22-21(25(4)16-18-9-7-6-8-10-18)23-15-17-11-13-19(14-12-17)20(26)24(2)3/h6-14H,5,15-16H2,1-4H3,(H,22,23). The van der Waals surface area contributed by atoms with Gasteiger partial charge in [0.2, 0.25) is 0 Å². The average Bonchev–Trinajstić information content (AvgIpc) is 2.65. The molecular formula is C21H28N4O. The summed E-state index contributed by atoms with van der Waals surface area (Å²) < 4.78 is 0. The second-order valence-corrected chi connectivity index (χ2v) is 6.41. The van der Waals surface area contributed by atoms with E-state index in [1.165, 1.54) is 5.56 Å². The van der Waals surface area contributed by atoms with Gasteiger partial charge < -0.3 is 15.1 Å². The van der Waals surface area contributed by atoms with Crippen molar-refractivity contribution in [1.82, 2.24) is 15.1 Å². The van der Waals surface area contributed by atoms with E-state index >= 15 is 0 Å². The predicted octanol–water partition coefficient (Wildman–Crippen LogP) is 2.99. The van der Waals surface area contributed by atoms with Crippen LogP contribution in [-0.4, -0.2) is 49.4 Å². The minimum absolute atomic E-state index is 0.0102. The largest absolute Gasteiger partial charge is 0.357 e. The first-order valence-electron chi connectivity index (χ1n) is 8.85. The molecule has 0 saturated heterocycles. The van der Waals surface area contributed by atoms with E-state index in [-0.39, 0.29) is 5.91 Å². The van der Waals surface area contributed by atoms with Crippen molar-refractivity contribution in [2.75, 3.05) is 27.7 Å². The van der Waals surface area contributed by atoms with Crippen LogP contribution in [-0.2, 0) is 13.1 Å². The molecule has 0 atom stereocenters. The molecule has 0 aliphatic carbocycles. The Kier molecular flexibility index (Phi) is 7.21. The minimum atomic E-state index is 0.0102. The number of guanidine groups is 1. The summed E-state index contributed by atoms with van der Waals surface area (Å²) in [6, 6.07) is 18.0. The summed E-state index contributed by atoms with van der Waals surface area (Å²) in [6.07, 6.45) is 0. The predicted molar refractivity (Wildman–Crippen MR) is 107 cm³/mol. The monoisotopic (exact) mass is 352 g/mol. The van der Waals surface area contributed by atoms with Crippen LogP contribution in [0.25, 0.3) is 0 Å². The number of nitrogens with one attached hydrogen (secondary N) is 1. The Morgan fingerprint density at radius 3 is 2.19 bits per heavy atom. The van der Waals surface area contributed by atoms with Crippen molar-refractivity contribution in [3.05, 3.63) is 71.3 Å². The molecule has 0 aromatic heterocycles. The van der Waals surface area contributed by atoms with Crippen LogP contribution in [0.2, 0.25) is 0 Å². The van der Waals surface area contributed by atoms with Crippen molar-refractivity contribution in [2.24, 2.45) is 4.99 Å². The fourth-order valence-corrected chi connectivity index (χ4v) is 2.58. The lowest BCUT2D eigenvalue weighted by Gasteiger charge is -2.22. The van der Waals surface area contributed by atoms with Crippen LogP contribution in [0.15, 0.2) is 59.6 Å². The number of hydrogen-bond acceptors (Lipinski definition) is 2. The summed E-state index contributed by atoms with van der Waals surface area (Å²) in [5.41, 5.74) is 3.01. The second kappa shape index (κ2) is 9.61. The maximum Gasteiger partial charge on any atom is 0.253 e. The van der Waals surface area contributed by atoms with Crippen molar-refractivity contribution in [1.29, 1.82) is 0 Å². The SMILES string of the molecule is CCNC(=NCc1ccc(C(=O)N(C)C)cc1)N(C)Cc1ccccc1. The molecule has 0 aliphatic rings. The second-order valence-electron chi connectivity index (χ2n) is 6.41. The summed E-state index contributed by atoms with van der Waals surface area (Å²) >= 11 is 0. The molecule has 5 heteroatoms. The Morgan fingerprint density at radius 2 is 1.62 bits per heavy atom. The molecule has 1 amide bonds. The third-order valence-corrected chi connectivity index (χ3v) is 3.98. The molecule has 2 rings (SSSR count). The summed E-state index contributed by atoms with van der Waals surface area (Å²) in [4.78, 5) is 20.4. The topological polar surface area (TPSA) is 47.9 Å². The number of carbonyl (C=O) groups is 1. The Balaban J connectivity index is 2.05. The van der Waals surface area contributed by atoms with Gasteiger partial charge in [0.15, 0.2) is 5.96 Å². The van der Waals surface area contributed by atoms with Crippen LogP contribution < -0.4 is 5.32 Å². The van der Waals surface area contributed by atoms with Gasteiger partial charge in [-0.2, -0.15) is 0 Å². The normalized spacial score (nSPS) is 11.2. The molecule has 0 aliphatic heterocycles. The molecule has 0 radical (unpaired) electrons. The van der Waals surface area contributed by atoms with Crippen molar-refractivity contribution >= 4 is 11.9 Å². The van der Waals surface area contributed by atoms with E-state index in [9.17, 15) is 4.79 Å². The molecule has 0 bridgehead atoms. The molecule has 0 heterocycles. The molecule has 0 fully saturated rings. The first-order valence-corrected chi connectivity index (χ1v) is 8.85. The van der Waals surface area contributed by atoms with Crippen LogP contribution in [0.4, 0.5) is 0 Å². The number of carbonyl (C=O) groups excluding carboxylic acids is 1. The summed E-state index contributed by atoms with van der Waals surface area (Å²) in [5.74, 6) is 0.876. The highest BCUT2D eigenvalue weighted by molar-refractivity contribution is 5.93. The smallest absolute Gasteiger partial charge is 0.253 e. The third-order valence-electron chi connectivity index (χ3n) is 3.98. The lowest BCUT2D eigenvalue weighted by molar-refractivity contribution is 0.0827.